The molecule has 0 aromatic carbocycles. The Balaban J connectivity index is 3.06. The third kappa shape index (κ3) is 2.64. The molecule has 1 aliphatic heterocycles. The molecule has 0 aromatic heterocycles. The number of esters is 2. The first kappa shape index (κ1) is 13.2. The van der Waals surface area contributed by atoms with Crippen molar-refractivity contribution in [3.8, 4) is 0 Å². The van der Waals surface area contributed by atoms with Crippen molar-refractivity contribution in [3.63, 3.8) is 0 Å². The van der Waals surface area contributed by atoms with Crippen molar-refractivity contribution in [3.05, 3.63) is 12.3 Å². The monoisotopic (exact) mass is 241 g/mol. The number of amides is 1. The number of hydrogen-bond acceptors (Lipinski definition) is 5. The summed E-state index contributed by atoms with van der Waals surface area (Å²) in [4.78, 5) is 35.8. The summed E-state index contributed by atoms with van der Waals surface area (Å²) in [6.45, 7) is 1.32. The summed E-state index contributed by atoms with van der Waals surface area (Å²) in [6.07, 6.45) is 3.49. The maximum Gasteiger partial charge on any atom is 0.329 e. The Labute approximate surface area is 99.2 Å². The van der Waals surface area contributed by atoms with Crippen LogP contribution < -0.4 is 0 Å². The van der Waals surface area contributed by atoms with E-state index in [2.05, 4.69) is 9.47 Å². The zero-order valence-corrected chi connectivity index (χ0v) is 10.0. The Morgan fingerprint density at radius 2 is 1.76 bits per heavy atom. The van der Waals surface area contributed by atoms with Crippen LogP contribution in [0.2, 0.25) is 0 Å². The molecule has 6 nitrogen and oxygen atoms in total. The van der Waals surface area contributed by atoms with Gasteiger partial charge in [0.25, 0.3) is 0 Å². The molecule has 0 radical (unpaired) electrons. The summed E-state index contributed by atoms with van der Waals surface area (Å²) < 4.78 is 9.24. The molecule has 0 N–H and O–H groups in total. The number of carbonyl (C=O) groups is 3. The van der Waals surface area contributed by atoms with Crippen molar-refractivity contribution in [2.75, 3.05) is 14.2 Å². The van der Waals surface area contributed by atoms with E-state index in [-0.39, 0.29) is 5.91 Å². The molecule has 0 aliphatic carbocycles. The second kappa shape index (κ2) is 5.47. The number of rotatable bonds is 2. The molecule has 0 aromatic rings. The molecule has 2 atom stereocenters. The molecule has 6 heteroatoms. The van der Waals surface area contributed by atoms with Gasteiger partial charge in [0.2, 0.25) is 5.91 Å². The van der Waals surface area contributed by atoms with Gasteiger partial charge in [0, 0.05) is 13.1 Å². The molecule has 1 heterocycles. The number of nitrogens with zero attached hydrogens (tertiary/aromatic N) is 1. The highest BCUT2D eigenvalue weighted by Crippen LogP contribution is 2.24. The number of hydrogen-bond donors (Lipinski definition) is 0. The van der Waals surface area contributed by atoms with Gasteiger partial charge < -0.3 is 14.4 Å². The lowest BCUT2D eigenvalue weighted by Gasteiger charge is -2.33. The summed E-state index contributed by atoms with van der Waals surface area (Å²) in [5.74, 6) is -2.21. The lowest BCUT2D eigenvalue weighted by Crippen LogP contribution is -2.50. The number of methoxy groups -OCH3 is 2. The Hall–Kier alpha value is -1.85. The lowest BCUT2D eigenvalue weighted by molar-refractivity contribution is -0.161. The first-order valence-electron chi connectivity index (χ1n) is 5.14. The number of allylic oxidation sites excluding steroid dienone is 1. The SMILES string of the molecule is COC(=O)[C@@H]1[C@H](C(=O)OC)CC=CN1C(C)=O. The molecule has 1 rings (SSSR count). The Bertz CT molecular complexity index is 363. The van der Waals surface area contributed by atoms with Gasteiger partial charge in [0.15, 0.2) is 0 Å². The molecular formula is C11H15NO5. The first-order chi connectivity index (χ1) is 8.02. The van der Waals surface area contributed by atoms with Crippen LogP contribution in [0.5, 0.6) is 0 Å². The molecule has 1 aliphatic rings. The average molecular weight is 241 g/mol. The van der Waals surface area contributed by atoms with Gasteiger partial charge in [-0.15, -0.1) is 0 Å². The molecule has 0 spiro atoms. The highest BCUT2D eigenvalue weighted by atomic mass is 16.5. The number of ether oxygens (including phenoxy) is 2. The van der Waals surface area contributed by atoms with E-state index < -0.39 is 23.9 Å². The Morgan fingerprint density at radius 3 is 2.24 bits per heavy atom. The maximum absolute atomic E-state index is 11.7. The minimum absolute atomic E-state index is 0.328. The highest BCUT2D eigenvalue weighted by molar-refractivity contribution is 5.89. The molecule has 94 valence electrons. The van der Waals surface area contributed by atoms with Crippen molar-refractivity contribution in [2.45, 2.75) is 19.4 Å². The smallest absolute Gasteiger partial charge is 0.329 e. The van der Waals surface area contributed by atoms with E-state index in [9.17, 15) is 14.4 Å². The second-order valence-corrected chi connectivity index (χ2v) is 3.64. The van der Waals surface area contributed by atoms with Crippen molar-refractivity contribution >= 4 is 17.8 Å². The van der Waals surface area contributed by atoms with E-state index in [1.807, 2.05) is 0 Å². The van der Waals surface area contributed by atoms with E-state index >= 15 is 0 Å². The minimum atomic E-state index is -0.949. The second-order valence-electron chi connectivity index (χ2n) is 3.64. The summed E-state index contributed by atoms with van der Waals surface area (Å²) in [5.41, 5.74) is 0. The third-order valence-corrected chi connectivity index (χ3v) is 2.65. The van der Waals surface area contributed by atoms with Gasteiger partial charge in [-0.3, -0.25) is 9.59 Å². The van der Waals surface area contributed by atoms with Crippen molar-refractivity contribution in [2.24, 2.45) is 5.92 Å². The highest BCUT2D eigenvalue weighted by Gasteiger charge is 2.41. The van der Waals surface area contributed by atoms with Crippen molar-refractivity contribution in [1.29, 1.82) is 0 Å². The normalized spacial score (nSPS) is 23.1. The van der Waals surface area contributed by atoms with Crippen LogP contribution in [-0.2, 0) is 23.9 Å². The lowest BCUT2D eigenvalue weighted by atomic mass is 9.92. The largest absolute Gasteiger partial charge is 0.469 e. The topological polar surface area (TPSA) is 72.9 Å². The quantitative estimate of drug-likeness (QED) is 0.640. The molecule has 0 bridgehead atoms. The molecule has 17 heavy (non-hydrogen) atoms. The zero-order chi connectivity index (χ0) is 13.0. The van der Waals surface area contributed by atoms with E-state index in [4.69, 9.17) is 0 Å². The minimum Gasteiger partial charge on any atom is -0.469 e. The van der Waals surface area contributed by atoms with Crippen molar-refractivity contribution in [1.82, 2.24) is 4.90 Å². The summed E-state index contributed by atoms with van der Waals surface area (Å²) in [6, 6.07) is -0.949. The summed E-state index contributed by atoms with van der Waals surface area (Å²) >= 11 is 0. The molecule has 0 fully saturated rings. The zero-order valence-electron chi connectivity index (χ0n) is 10.0. The summed E-state index contributed by atoms with van der Waals surface area (Å²) in [7, 11) is 2.46. The van der Waals surface area contributed by atoms with Crippen LogP contribution in [0.15, 0.2) is 12.3 Å². The molecular weight excluding hydrogens is 226 g/mol. The van der Waals surface area contributed by atoms with Gasteiger partial charge in [-0.05, 0) is 6.42 Å². The van der Waals surface area contributed by atoms with Gasteiger partial charge in [0.05, 0.1) is 20.1 Å². The molecule has 0 unspecified atom stereocenters. The predicted molar refractivity (Wildman–Crippen MR) is 57.6 cm³/mol. The van der Waals surface area contributed by atoms with Gasteiger partial charge in [-0.1, -0.05) is 6.08 Å². The average Bonchev–Trinajstić information content (AvgIpc) is 2.35. The van der Waals surface area contributed by atoms with Crippen LogP contribution in [0.1, 0.15) is 13.3 Å². The van der Waals surface area contributed by atoms with Crippen LogP contribution in [-0.4, -0.2) is 43.0 Å². The van der Waals surface area contributed by atoms with Crippen LogP contribution in [0.3, 0.4) is 0 Å². The first-order valence-corrected chi connectivity index (χ1v) is 5.14. The van der Waals surface area contributed by atoms with E-state index in [0.29, 0.717) is 6.42 Å². The van der Waals surface area contributed by atoms with Gasteiger partial charge in [-0.2, -0.15) is 0 Å². The number of carbonyl (C=O) groups excluding carboxylic acids is 3. The molecule has 0 saturated heterocycles. The van der Waals surface area contributed by atoms with Gasteiger partial charge >= 0.3 is 11.9 Å². The van der Waals surface area contributed by atoms with Crippen LogP contribution in [0.25, 0.3) is 0 Å². The fraction of sp³-hybridized carbons (Fsp3) is 0.545. The fourth-order valence-corrected chi connectivity index (χ4v) is 1.81. The predicted octanol–water partition coefficient (Wildman–Crippen LogP) is 0.0831. The molecule has 0 saturated carbocycles. The van der Waals surface area contributed by atoms with Crippen molar-refractivity contribution < 1.29 is 23.9 Å². The maximum atomic E-state index is 11.7. The Morgan fingerprint density at radius 1 is 1.18 bits per heavy atom. The summed E-state index contributed by atoms with van der Waals surface area (Å²) in [5, 5.41) is 0. The molecule has 1 amide bonds. The van der Waals surface area contributed by atoms with Crippen LogP contribution in [0.4, 0.5) is 0 Å². The van der Waals surface area contributed by atoms with E-state index in [1.165, 1.54) is 32.2 Å². The van der Waals surface area contributed by atoms with Gasteiger partial charge in [-0.25, -0.2) is 4.79 Å². The van der Waals surface area contributed by atoms with E-state index in [0.717, 1.165) is 0 Å². The third-order valence-electron chi connectivity index (χ3n) is 2.65. The van der Waals surface area contributed by atoms with Gasteiger partial charge in [0.1, 0.15) is 6.04 Å². The van der Waals surface area contributed by atoms with Crippen LogP contribution in [0, 0.1) is 5.92 Å². The van der Waals surface area contributed by atoms with E-state index in [1.54, 1.807) is 6.08 Å². The standard InChI is InChI=1S/C11H15NO5/c1-7(13)12-6-4-5-8(10(14)16-2)9(12)11(15)17-3/h4,6,8-9H,5H2,1-3H3/t8-,9+/m1/s1. The van der Waals surface area contributed by atoms with Crippen LogP contribution >= 0.6 is 0 Å². The fourth-order valence-electron chi connectivity index (χ4n) is 1.81. The Kier molecular flexibility index (Phi) is 4.25.